The third kappa shape index (κ3) is 4.97. The van der Waals surface area contributed by atoms with Crippen molar-refractivity contribution in [1.29, 1.82) is 0 Å². The molecule has 2 aliphatic heterocycles. The number of carbonyl (C=O) groups is 2. The fourth-order valence-electron chi connectivity index (χ4n) is 4.07. The molecule has 9 heteroatoms. The van der Waals surface area contributed by atoms with Gasteiger partial charge in [0.2, 0.25) is 5.91 Å². The fraction of sp³-hybridized carbons (Fsp3) is 0.476. The molecule has 1 aromatic heterocycles. The molecule has 1 atom stereocenters. The lowest BCUT2D eigenvalue weighted by Crippen LogP contribution is -2.43. The molecule has 0 bridgehead atoms. The van der Waals surface area contributed by atoms with E-state index in [1.165, 1.54) is 30.6 Å². The molecule has 2 saturated heterocycles. The molecule has 1 unspecified atom stereocenters. The number of amides is 2. The van der Waals surface area contributed by atoms with Gasteiger partial charge in [0, 0.05) is 23.5 Å². The predicted octanol–water partition coefficient (Wildman–Crippen LogP) is 4.68. The second-order valence-electron chi connectivity index (χ2n) is 7.75. The molecule has 2 fully saturated rings. The minimum atomic E-state index is -0.540. The van der Waals surface area contributed by atoms with E-state index < -0.39 is 6.04 Å². The lowest BCUT2D eigenvalue weighted by atomic mass is 10.1. The maximum atomic E-state index is 13.0. The number of rotatable bonds is 5. The van der Waals surface area contributed by atoms with Crippen molar-refractivity contribution < 1.29 is 9.59 Å². The van der Waals surface area contributed by atoms with Gasteiger partial charge in [-0.3, -0.25) is 14.5 Å². The molecule has 2 aliphatic rings. The quantitative estimate of drug-likeness (QED) is 0.694. The normalized spacial score (nSPS) is 19.8. The summed E-state index contributed by atoms with van der Waals surface area (Å²) in [5.41, 5.74) is 1.30. The summed E-state index contributed by atoms with van der Waals surface area (Å²) >= 11 is 13.6. The standard InChI is InChI=1S/C21H24Cl2N4O2S/c22-14-6-7-17(23)16(11-14)20(29)27-10-4-5-18(27)19(28)25-21-24-15(13-30-21)12-26-8-2-1-3-9-26/h6-7,11,13,18H,1-5,8-10,12H2,(H,24,25,28). The van der Waals surface area contributed by atoms with E-state index in [1.807, 2.05) is 5.38 Å². The number of likely N-dealkylation sites (tertiary alicyclic amines) is 2. The Morgan fingerprint density at radius 3 is 2.73 bits per heavy atom. The van der Waals surface area contributed by atoms with Crippen molar-refractivity contribution >= 4 is 51.5 Å². The molecule has 0 spiro atoms. The van der Waals surface area contributed by atoms with Crippen LogP contribution >= 0.6 is 34.5 Å². The number of thiazole rings is 1. The summed E-state index contributed by atoms with van der Waals surface area (Å²) in [4.78, 5) is 34.5. The Morgan fingerprint density at radius 2 is 1.93 bits per heavy atom. The summed E-state index contributed by atoms with van der Waals surface area (Å²) < 4.78 is 0. The number of piperidine rings is 1. The first-order valence-corrected chi connectivity index (χ1v) is 11.9. The molecule has 2 amide bonds. The van der Waals surface area contributed by atoms with Gasteiger partial charge in [-0.05, 0) is 57.0 Å². The van der Waals surface area contributed by atoms with Crippen molar-refractivity contribution in [2.75, 3.05) is 25.0 Å². The van der Waals surface area contributed by atoms with Gasteiger partial charge < -0.3 is 10.2 Å². The second-order valence-corrected chi connectivity index (χ2v) is 9.45. The van der Waals surface area contributed by atoms with Crippen LogP contribution in [0.4, 0.5) is 5.13 Å². The third-order valence-corrected chi connectivity index (χ3v) is 6.96. The number of nitrogens with one attached hydrogen (secondary N) is 1. The number of carbonyl (C=O) groups excluding carboxylic acids is 2. The first-order valence-electron chi connectivity index (χ1n) is 10.2. The lowest BCUT2D eigenvalue weighted by Gasteiger charge is -2.25. The van der Waals surface area contributed by atoms with Crippen molar-refractivity contribution in [2.45, 2.75) is 44.7 Å². The van der Waals surface area contributed by atoms with Crippen LogP contribution in [0.1, 0.15) is 48.2 Å². The van der Waals surface area contributed by atoms with Crippen LogP contribution in [-0.4, -0.2) is 52.3 Å². The minimum absolute atomic E-state index is 0.210. The van der Waals surface area contributed by atoms with E-state index in [2.05, 4.69) is 15.2 Å². The summed E-state index contributed by atoms with van der Waals surface area (Å²) in [5.74, 6) is -0.483. The van der Waals surface area contributed by atoms with E-state index >= 15 is 0 Å². The van der Waals surface area contributed by atoms with E-state index in [0.29, 0.717) is 33.7 Å². The average molecular weight is 467 g/mol. The molecule has 6 nitrogen and oxygen atoms in total. The number of nitrogens with zero attached hydrogens (tertiary/aromatic N) is 3. The highest BCUT2D eigenvalue weighted by Gasteiger charge is 2.35. The Labute approximate surface area is 190 Å². The van der Waals surface area contributed by atoms with Gasteiger partial charge in [-0.15, -0.1) is 11.3 Å². The van der Waals surface area contributed by atoms with Gasteiger partial charge >= 0.3 is 0 Å². The molecule has 0 aliphatic carbocycles. The summed E-state index contributed by atoms with van der Waals surface area (Å²) in [6.07, 6.45) is 5.14. The fourth-order valence-corrected chi connectivity index (χ4v) is 5.15. The zero-order valence-corrected chi connectivity index (χ0v) is 18.9. The minimum Gasteiger partial charge on any atom is -0.327 e. The van der Waals surface area contributed by atoms with Gasteiger partial charge in [0.15, 0.2) is 5.13 Å². The van der Waals surface area contributed by atoms with Crippen LogP contribution < -0.4 is 5.32 Å². The third-order valence-electron chi connectivity index (χ3n) is 5.59. The topological polar surface area (TPSA) is 65.5 Å². The average Bonchev–Trinajstić information content (AvgIpc) is 3.40. The Hall–Kier alpha value is -1.67. The summed E-state index contributed by atoms with van der Waals surface area (Å²) in [6.45, 7) is 3.53. The largest absolute Gasteiger partial charge is 0.327 e. The van der Waals surface area contributed by atoms with Crippen LogP contribution in [0.2, 0.25) is 10.0 Å². The highest BCUT2D eigenvalue weighted by molar-refractivity contribution is 7.13. The van der Waals surface area contributed by atoms with E-state index in [1.54, 1.807) is 23.1 Å². The molecule has 1 aromatic carbocycles. The first kappa shape index (κ1) is 21.6. The van der Waals surface area contributed by atoms with Crippen molar-refractivity contribution in [2.24, 2.45) is 0 Å². The number of aromatic nitrogens is 1. The molecule has 0 radical (unpaired) electrons. The molecular weight excluding hydrogens is 443 g/mol. The zero-order chi connectivity index (χ0) is 21.1. The van der Waals surface area contributed by atoms with E-state index in [9.17, 15) is 9.59 Å². The summed E-state index contributed by atoms with van der Waals surface area (Å²) in [6, 6.07) is 4.25. The van der Waals surface area contributed by atoms with Crippen molar-refractivity contribution in [3.8, 4) is 0 Å². The van der Waals surface area contributed by atoms with Crippen molar-refractivity contribution in [3.63, 3.8) is 0 Å². The van der Waals surface area contributed by atoms with Crippen LogP contribution in [0.5, 0.6) is 0 Å². The van der Waals surface area contributed by atoms with Crippen molar-refractivity contribution in [1.82, 2.24) is 14.8 Å². The maximum absolute atomic E-state index is 13.0. The van der Waals surface area contributed by atoms with Crippen LogP contribution in [0.25, 0.3) is 0 Å². The van der Waals surface area contributed by atoms with Gasteiger partial charge in [0.25, 0.3) is 5.91 Å². The Morgan fingerprint density at radius 1 is 1.13 bits per heavy atom. The summed E-state index contributed by atoms with van der Waals surface area (Å²) in [7, 11) is 0. The number of hydrogen-bond donors (Lipinski definition) is 1. The second kappa shape index (κ2) is 9.64. The monoisotopic (exact) mass is 466 g/mol. The van der Waals surface area contributed by atoms with E-state index in [4.69, 9.17) is 23.2 Å². The maximum Gasteiger partial charge on any atom is 0.256 e. The lowest BCUT2D eigenvalue weighted by molar-refractivity contribution is -0.119. The molecule has 3 heterocycles. The number of hydrogen-bond acceptors (Lipinski definition) is 5. The van der Waals surface area contributed by atoms with E-state index in [0.717, 1.165) is 31.7 Å². The molecular formula is C21H24Cl2N4O2S. The molecule has 30 heavy (non-hydrogen) atoms. The molecule has 1 N–H and O–H groups in total. The SMILES string of the molecule is O=C(Nc1nc(CN2CCCCC2)cs1)C1CCCN1C(=O)c1cc(Cl)ccc1Cl. The Kier molecular flexibility index (Phi) is 6.93. The number of anilines is 1. The zero-order valence-electron chi connectivity index (χ0n) is 16.6. The van der Waals surface area contributed by atoms with E-state index in [-0.39, 0.29) is 11.8 Å². The van der Waals surface area contributed by atoms with Gasteiger partial charge in [-0.2, -0.15) is 0 Å². The molecule has 4 rings (SSSR count). The highest BCUT2D eigenvalue weighted by atomic mass is 35.5. The van der Waals surface area contributed by atoms with Gasteiger partial charge in [-0.1, -0.05) is 29.6 Å². The highest BCUT2D eigenvalue weighted by Crippen LogP contribution is 2.27. The smallest absolute Gasteiger partial charge is 0.256 e. The Bertz CT molecular complexity index is 929. The molecule has 0 saturated carbocycles. The Balaban J connectivity index is 1.40. The van der Waals surface area contributed by atoms with Crippen LogP contribution in [-0.2, 0) is 11.3 Å². The van der Waals surface area contributed by atoms with Gasteiger partial charge in [0.05, 0.1) is 16.3 Å². The van der Waals surface area contributed by atoms with Gasteiger partial charge in [-0.25, -0.2) is 4.98 Å². The van der Waals surface area contributed by atoms with Crippen molar-refractivity contribution in [3.05, 3.63) is 44.9 Å². The first-order chi connectivity index (χ1) is 14.5. The molecule has 2 aromatic rings. The number of halogens is 2. The predicted molar refractivity (Wildman–Crippen MR) is 120 cm³/mol. The van der Waals surface area contributed by atoms with Gasteiger partial charge in [0.1, 0.15) is 6.04 Å². The molecule has 160 valence electrons. The number of benzene rings is 1. The van der Waals surface area contributed by atoms with Crippen LogP contribution in [0.3, 0.4) is 0 Å². The van der Waals surface area contributed by atoms with Crippen LogP contribution in [0, 0.1) is 0 Å². The summed E-state index contributed by atoms with van der Waals surface area (Å²) in [5, 5.41) is 6.24. The van der Waals surface area contributed by atoms with Crippen LogP contribution in [0.15, 0.2) is 23.6 Å².